The standard InChI is InChI=1S/C22H33N5OS/c1-17-6-5-7-20(14-17)27-12-10-26(11-13-27)9-8-18(2)24-22(28)25(4)15-21-23-19(3)16-29-21/h5-7,14,16,18H,8-13,15H2,1-4H3,(H,24,28). The lowest BCUT2D eigenvalue weighted by Crippen LogP contribution is -2.48. The van der Waals surface area contributed by atoms with Crippen LogP contribution in [0, 0.1) is 13.8 Å². The van der Waals surface area contributed by atoms with Gasteiger partial charge in [-0.15, -0.1) is 11.3 Å². The molecule has 1 fully saturated rings. The highest BCUT2D eigenvalue weighted by Gasteiger charge is 2.19. The molecule has 0 spiro atoms. The van der Waals surface area contributed by atoms with E-state index in [0.717, 1.165) is 49.8 Å². The van der Waals surface area contributed by atoms with Gasteiger partial charge in [-0.05, 0) is 44.9 Å². The lowest BCUT2D eigenvalue weighted by atomic mass is 10.1. The quantitative estimate of drug-likeness (QED) is 0.752. The van der Waals surface area contributed by atoms with Crippen LogP contribution in [0.3, 0.4) is 0 Å². The molecular weight excluding hydrogens is 382 g/mol. The molecule has 158 valence electrons. The number of carbonyl (C=O) groups is 1. The first-order valence-electron chi connectivity index (χ1n) is 10.4. The van der Waals surface area contributed by atoms with E-state index in [2.05, 4.69) is 58.2 Å². The molecule has 2 heterocycles. The summed E-state index contributed by atoms with van der Waals surface area (Å²) in [5.41, 5.74) is 3.64. The zero-order chi connectivity index (χ0) is 20.8. The summed E-state index contributed by atoms with van der Waals surface area (Å²) in [6, 6.07) is 8.85. The summed E-state index contributed by atoms with van der Waals surface area (Å²) in [4.78, 5) is 23.5. The zero-order valence-corrected chi connectivity index (χ0v) is 18.8. The fourth-order valence-corrected chi connectivity index (χ4v) is 4.40. The van der Waals surface area contributed by atoms with Crippen molar-refractivity contribution in [2.45, 2.75) is 39.8 Å². The Balaban J connectivity index is 1.36. The van der Waals surface area contributed by atoms with Gasteiger partial charge < -0.3 is 15.1 Å². The third-order valence-electron chi connectivity index (χ3n) is 5.37. The Hall–Kier alpha value is -2.12. The van der Waals surface area contributed by atoms with Gasteiger partial charge in [-0.3, -0.25) is 4.90 Å². The highest BCUT2D eigenvalue weighted by Crippen LogP contribution is 2.18. The molecule has 1 aromatic carbocycles. The van der Waals surface area contributed by atoms with E-state index in [1.54, 1.807) is 16.2 Å². The molecular formula is C22H33N5OS. The third-order valence-corrected chi connectivity index (χ3v) is 6.32. The molecule has 1 aliphatic rings. The number of aromatic nitrogens is 1. The Labute approximate surface area is 178 Å². The molecule has 2 aromatic rings. The topological polar surface area (TPSA) is 51.7 Å². The second-order valence-electron chi connectivity index (χ2n) is 8.05. The van der Waals surface area contributed by atoms with Crippen LogP contribution >= 0.6 is 11.3 Å². The first-order chi connectivity index (χ1) is 13.9. The number of carbonyl (C=O) groups excluding carboxylic acids is 1. The SMILES string of the molecule is Cc1cccc(N2CCN(CCC(C)NC(=O)N(C)Cc3nc(C)cs3)CC2)c1. The number of hydrogen-bond donors (Lipinski definition) is 1. The van der Waals surface area contributed by atoms with Crippen molar-refractivity contribution in [3.63, 3.8) is 0 Å². The maximum Gasteiger partial charge on any atom is 0.317 e. The highest BCUT2D eigenvalue weighted by molar-refractivity contribution is 7.09. The number of nitrogens with one attached hydrogen (secondary N) is 1. The van der Waals surface area contributed by atoms with E-state index in [1.807, 2.05) is 19.4 Å². The smallest absolute Gasteiger partial charge is 0.317 e. The van der Waals surface area contributed by atoms with Crippen LogP contribution in [-0.2, 0) is 6.54 Å². The normalized spacial score (nSPS) is 15.9. The van der Waals surface area contributed by atoms with Crippen molar-refractivity contribution in [2.24, 2.45) is 0 Å². The van der Waals surface area contributed by atoms with Crippen LogP contribution in [0.1, 0.15) is 29.6 Å². The Morgan fingerprint density at radius 3 is 2.69 bits per heavy atom. The Morgan fingerprint density at radius 2 is 2.03 bits per heavy atom. The van der Waals surface area contributed by atoms with Gasteiger partial charge in [0.15, 0.2) is 0 Å². The number of rotatable bonds is 7. The van der Waals surface area contributed by atoms with Gasteiger partial charge in [0.1, 0.15) is 5.01 Å². The molecule has 6 nitrogen and oxygen atoms in total. The minimum atomic E-state index is -0.0328. The van der Waals surface area contributed by atoms with Crippen molar-refractivity contribution < 1.29 is 4.79 Å². The highest BCUT2D eigenvalue weighted by atomic mass is 32.1. The van der Waals surface area contributed by atoms with Crippen LogP contribution in [0.4, 0.5) is 10.5 Å². The molecule has 1 unspecified atom stereocenters. The number of aryl methyl sites for hydroxylation is 2. The fourth-order valence-electron chi connectivity index (χ4n) is 3.57. The summed E-state index contributed by atoms with van der Waals surface area (Å²) in [7, 11) is 1.82. The van der Waals surface area contributed by atoms with Gasteiger partial charge >= 0.3 is 6.03 Å². The van der Waals surface area contributed by atoms with Gasteiger partial charge in [0.2, 0.25) is 0 Å². The summed E-state index contributed by atoms with van der Waals surface area (Å²) in [6.45, 7) is 12.0. The van der Waals surface area contributed by atoms with Crippen LogP contribution < -0.4 is 10.2 Å². The van der Waals surface area contributed by atoms with E-state index >= 15 is 0 Å². The summed E-state index contributed by atoms with van der Waals surface area (Å²) in [5, 5.41) is 6.10. The average molecular weight is 416 g/mol. The minimum Gasteiger partial charge on any atom is -0.369 e. The van der Waals surface area contributed by atoms with Crippen molar-refractivity contribution in [3.8, 4) is 0 Å². The van der Waals surface area contributed by atoms with Crippen LogP contribution in [0.25, 0.3) is 0 Å². The van der Waals surface area contributed by atoms with E-state index < -0.39 is 0 Å². The lowest BCUT2D eigenvalue weighted by Gasteiger charge is -2.36. The van der Waals surface area contributed by atoms with E-state index in [0.29, 0.717) is 6.54 Å². The molecule has 1 atom stereocenters. The zero-order valence-electron chi connectivity index (χ0n) is 18.0. The van der Waals surface area contributed by atoms with Crippen molar-refractivity contribution in [1.82, 2.24) is 20.1 Å². The molecule has 0 radical (unpaired) electrons. The predicted molar refractivity (Wildman–Crippen MR) is 121 cm³/mol. The first-order valence-corrected chi connectivity index (χ1v) is 11.3. The number of thiazole rings is 1. The summed E-state index contributed by atoms with van der Waals surface area (Å²) >= 11 is 1.60. The first kappa shape index (κ1) is 21.6. The fraction of sp³-hybridized carbons (Fsp3) is 0.545. The molecule has 7 heteroatoms. The number of nitrogens with zero attached hydrogens (tertiary/aromatic N) is 4. The number of piperazine rings is 1. The number of hydrogen-bond acceptors (Lipinski definition) is 5. The Morgan fingerprint density at radius 1 is 1.28 bits per heavy atom. The molecule has 1 saturated heterocycles. The minimum absolute atomic E-state index is 0.0328. The van der Waals surface area contributed by atoms with Crippen LogP contribution in [0.5, 0.6) is 0 Å². The number of benzene rings is 1. The van der Waals surface area contributed by atoms with Crippen LogP contribution in [0.15, 0.2) is 29.6 Å². The van der Waals surface area contributed by atoms with Crippen LogP contribution in [0.2, 0.25) is 0 Å². The van der Waals surface area contributed by atoms with Gasteiger partial charge in [0.05, 0.1) is 6.54 Å². The van der Waals surface area contributed by atoms with Crippen molar-refractivity contribution in [2.75, 3.05) is 44.7 Å². The number of anilines is 1. The molecule has 2 amide bonds. The van der Waals surface area contributed by atoms with Gasteiger partial charge in [-0.2, -0.15) is 0 Å². The number of amides is 2. The Bertz CT molecular complexity index is 800. The van der Waals surface area contributed by atoms with Gasteiger partial charge in [-0.1, -0.05) is 12.1 Å². The summed E-state index contributed by atoms with van der Waals surface area (Å²) in [5.74, 6) is 0. The van der Waals surface area contributed by atoms with Crippen molar-refractivity contribution in [3.05, 3.63) is 45.9 Å². The largest absolute Gasteiger partial charge is 0.369 e. The van der Waals surface area contributed by atoms with E-state index in [1.165, 1.54) is 11.3 Å². The van der Waals surface area contributed by atoms with Gasteiger partial charge in [0, 0.05) is 62.6 Å². The molecule has 0 bridgehead atoms. The molecule has 0 saturated carbocycles. The van der Waals surface area contributed by atoms with E-state index in [4.69, 9.17) is 0 Å². The van der Waals surface area contributed by atoms with E-state index in [-0.39, 0.29) is 12.1 Å². The van der Waals surface area contributed by atoms with E-state index in [9.17, 15) is 4.79 Å². The lowest BCUT2D eigenvalue weighted by molar-refractivity contribution is 0.199. The molecule has 1 N–H and O–H groups in total. The van der Waals surface area contributed by atoms with Crippen molar-refractivity contribution >= 4 is 23.1 Å². The summed E-state index contributed by atoms with van der Waals surface area (Å²) < 4.78 is 0. The molecule has 29 heavy (non-hydrogen) atoms. The molecule has 1 aromatic heterocycles. The Kier molecular flexibility index (Phi) is 7.50. The third kappa shape index (κ3) is 6.44. The summed E-state index contributed by atoms with van der Waals surface area (Å²) in [6.07, 6.45) is 0.959. The second kappa shape index (κ2) is 10.1. The van der Waals surface area contributed by atoms with Crippen LogP contribution in [-0.4, -0.2) is 66.6 Å². The monoisotopic (exact) mass is 415 g/mol. The maximum atomic E-state index is 12.4. The predicted octanol–water partition coefficient (Wildman–Crippen LogP) is 3.50. The number of urea groups is 1. The van der Waals surface area contributed by atoms with Gasteiger partial charge in [0.25, 0.3) is 0 Å². The average Bonchev–Trinajstić information content (AvgIpc) is 3.11. The van der Waals surface area contributed by atoms with Crippen molar-refractivity contribution in [1.29, 1.82) is 0 Å². The second-order valence-corrected chi connectivity index (χ2v) is 8.99. The molecule has 1 aliphatic heterocycles. The van der Waals surface area contributed by atoms with Gasteiger partial charge in [-0.25, -0.2) is 9.78 Å². The molecule has 0 aliphatic carbocycles. The molecule has 3 rings (SSSR count). The maximum absolute atomic E-state index is 12.4.